The molecule has 0 radical (unpaired) electrons. The van der Waals surface area contributed by atoms with E-state index in [0.717, 1.165) is 0 Å². The van der Waals surface area contributed by atoms with Crippen molar-refractivity contribution in [2.75, 3.05) is 5.32 Å². The zero-order valence-corrected chi connectivity index (χ0v) is 18.8. The Bertz CT molecular complexity index is 1090. The van der Waals surface area contributed by atoms with Gasteiger partial charge in [0.05, 0.1) is 16.0 Å². The minimum absolute atomic E-state index is 0.0149. The van der Waals surface area contributed by atoms with Crippen LogP contribution in [0, 0.1) is 5.82 Å². The van der Waals surface area contributed by atoms with Crippen molar-refractivity contribution < 1.29 is 13.9 Å². The maximum atomic E-state index is 13.8. The molecule has 1 aromatic heterocycles. The van der Waals surface area contributed by atoms with E-state index in [9.17, 15) is 9.18 Å². The molecular formula is C21H19Cl2FN4O2S. The molecule has 31 heavy (non-hydrogen) atoms. The van der Waals surface area contributed by atoms with Gasteiger partial charge in [0.15, 0.2) is 22.5 Å². The Hall–Kier alpha value is -2.55. The third kappa shape index (κ3) is 6.00. The lowest BCUT2D eigenvalue weighted by Crippen LogP contribution is -2.23. The highest BCUT2D eigenvalue weighted by Crippen LogP contribution is 2.28. The van der Waals surface area contributed by atoms with Gasteiger partial charge in [-0.05, 0) is 37.3 Å². The maximum absolute atomic E-state index is 13.8. The molecule has 0 spiro atoms. The van der Waals surface area contributed by atoms with Crippen LogP contribution in [0.4, 0.5) is 10.1 Å². The topological polar surface area (TPSA) is 69.0 Å². The second-order valence-corrected chi connectivity index (χ2v) is 8.54. The summed E-state index contributed by atoms with van der Waals surface area (Å²) in [6, 6.07) is 10.9. The number of aromatic nitrogens is 3. The first-order chi connectivity index (χ1) is 14.9. The SMILES string of the molecule is C=CCn1c(COc2ccccc2F)nnc1SC(C)C(=O)Nc1cc(Cl)ccc1Cl. The summed E-state index contributed by atoms with van der Waals surface area (Å²) < 4.78 is 21.1. The van der Waals surface area contributed by atoms with Crippen molar-refractivity contribution in [1.29, 1.82) is 0 Å². The number of nitrogens with zero attached hydrogens (tertiary/aromatic N) is 3. The fraction of sp³-hybridized carbons (Fsp3) is 0.190. The number of carbonyl (C=O) groups is 1. The van der Waals surface area contributed by atoms with Gasteiger partial charge in [0.1, 0.15) is 6.61 Å². The van der Waals surface area contributed by atoms with E-state index in [2.05, 4.69) is 22.1 Å². The van der Waals surface area contributed by atoms with Crippen molar-refractivity contribution in [3.63, 3.8) is 0 Å². The van der Waals surface area contributed by atoms with Crippen LogP contribution in [0.1, 0.15) is 12.7 Å². The molecular weight excluding hydrogens is 462 g/mol. The van der Waals surface area contributed by atoms with Crippen molar-refractivity contribution in [3.05, 3.63) is 76.8 Å². The molecule has 1 amide bonds. The van der Waals surface area contributed by atoms with Gasteiger partial charge in [-0.2, -0.15) is 0 Å². The molecule has 0 aliphatic carbocycles. The summed E-state index contributed by atoms with van der Waals surface area (Å²) in [7, 11) is 0. The minimum Gasteiger partial charge on any atom is -0.483 e. The average molecular weight is 481 g/mol. The Morgan fingerprint density at radius 3 is 2.84 bits per heavy atom. The molecule has 1 atom stereocenters. The van der Waals surface area contributed by atoms with Gasteiger partial charge in [0.25, 0.3) is 0 Å². The largest absolute Gasteiger partial charge is 0.483 e. The first-order valence-corrected chi connectivity index (χ1v) is 10.9. The zero-order chi connectivity index (χ0) is 22.4. The lowest BCUT2D eigenvalue weighted by atomic mass is 10.3. The van der Waals surface area contributed by atoms with E-state index >= 15 is 0 Å². The molecule has 1 N–H and O–H groups in total. The van der Waals surface area contributed by atoms with E-state index in [0.29, 0.717) is 33.3 Å². The molecule has 0 aliphatic rings. The van der Waals surface area contributed by atoms with Crippen LogP contribution in [-0.4, -0.2) is 25.9 Å². The Morgan fingerprint density at radius 2 is 2.10 bits per heavy atom. The molecule has 2 aromatic carbocycles. The number of allylic oxidation sites excluding steroid dienone is 1. The van der Waals surface area contributed by atoms with E-state index in [1.807, 2.05) is 0 Å². The summed E-state index contributed by atoms with van der Waals surface area (Å²) in [4.78, 5) is 12.6. The van der Waals surface area contributed by atoms with E-state index in [1.54, 1.807) is 47.9 Å². The normalized spacial score (nSPS) is 11.7. The van der Waals surface area contributed by atoms with Gasteiger partial charge in [0.2, 0.25) is 5.91 Å². The molecule has 0 fully saturated rings. The molecule has 0 saturated heterocycles. The van der Waals surface area contributed by atoms with Crippen molar-refractivity contribution in [3.8, 4) is 5.75 Å². The molecule has 1 unspecified atom stereocenters. The number of hydrogen-bond acceptors (Lipinski definition) is 5. The predicted molar refractivity (Wildman–Crippen MR) is 121 cm³/mol. The van der Waals surface area contributed by atoms with Gasteiger partial charge < -0.3 is 10.1 Å². The van der Waals surface area contributed by atoms with Crippen LogP contribution in [0.2, 0.25) is 10.0 Å². The standard InChI is InChI=1S/C21H19Cl2FN4O2S/c1-3-10-28-19(12-30-18-7-5-4-6-16(18)24)26-27-21(28)31-13(2)20(29)25-17-11-14(22)8-9-15(17)23/h3-9,11,13H,1,10,12H2,2H3,(H,25,29). The fourth-order valence-corrected chi connectivity index (χ4v) is 3.78. The number of halogens is 3. The number of benzene rings is 2. The van der Waals surface area contributed by atoms with E-state index in [1.165, 1.54) is 23.9 Å². The quantitative estimate of drug-likeness (QED) is 0.318. The number of para-hydroxylation sites is 1. The highest BCUT2D eigenvalue weighted by Gasteiger charge is 2.21. The molecule has 162 valence electrons. The molecule has 3 aromatic rings. The van der Waals surface area contributed by atoms with Crippen molar-refractivity contribution in [1.82, 2.24) is 14.8 Å². The van der Waals surface area contributed by atoms with Crippen LogP contribution in [-0.2, 0) is 17.9 Å². The van der Waals surface area contributed by atoms with Crippen LogP contribution in [0.15, 0.2) is 60.3 Å². The molecule has 0 saturated carbocycles. The third-order valence-corrected chi connectivity index (χ3v) is 5.78. The minimum atomic E-state index is -0.511. The van der Waals surface area contributed by atoms with Gasteiger partial charge in [-0.1, -0.05) is 53.2 Å². The Kier molecular flexibility index (Phi) is 7.95. The summed E-state index contributed by atoms with van der Waals surface area (Å²) in [5, 5.41) is 11.9. The fourth-order valence-electron chi connectivity index (χ4n) is 2.57. The van der Waals surface area contributed by atoms with Gasteiger partial charge >= 0.3 is 0 Å². The average Bonchev–Trinajstić information content (AvgIpc) is 3.11. The molecule has 3 rings (SSSR count). The van der Waals surface area contributed by atoms with Crippen LogP contribution in [0.25, 0.3) is 0 Å². The van der Waals surface area contributed by atoms with E-state index in [4.69, 9.17) is 27.9 Å². The molecule has 0 aliphatic heterocycles. The Labute approximate surface area is 193 Å². The number of hydrogen-bond donors (Lipinski definition) is 1. The smallest absolute Gasteiger partial charge is 0.237 e. The van der Waals surface area contributed by atoms with Crippen LogP contribution in [0.3, 0.4) is 0 Å². The maximum Gasteiger partial charge on any atom is 0.237 e. The summed E-state index contributed by atoms with van der Waals surface area (Å²) in [6.07, 6.45) is 1.68. The summed E-state index contributed by atoms with van der Waals surface area (Å²) in [5.74, 6) is -0.129. The van der Waals surface area contributed by atoms with E-state index in [-0.39, 0.29) is 18.3 Å². The van der Waals surface area contributed by atoms with E-state index < -0.39 is 11.1 Å². The number of amides is 1. The molecule has 6 nitrogen and oxygen atoms in total. The molecule has 1 heterocycles. The number of anilines is 1. The molecule has 10 heteroatoms. The number of rotatable bonds is 9. The van der Waals surface area contributed by atoms with Crippen LogP contribution < -0.4 is 10.1 Å². The summed E-state index contributed by atoms with van der Waals surface area (Å²) in [5.41, 5.74) is 0.429. The lowest BCUT2D eigenvalue weighted by Gasteiger charge is -2.14. The highest BCUT2D eigenvalue weighted by molar-refractivity contribution is 8.00. The summed E-state index contributed by atoms with van der Waals surface area (Å²) >= 11 is 13.3. The zero-order valence-electron chi connectivity index (χ0n) is 16.5. The van der Waals surface area contributed by atoms with Crippen molar-refractivity contribution >= 4 is 46.6 Å². The van der Waals surface area contributed by atoms with Gasteiger partial charge in [0, 0.05) is 11.6 Å². The first-order valence-electron chi connectivity index (χ1n) is 9.22. The monoisotopic (exact) mass is 480 g/mol. The highest BCUT2D eigenvalue weighted by atomic mass is 35.5. The number of nitrogens with one attached hydrogen (secondary N) is 1. The Balaban J connectivity index is 1.70. The number of thioether (sulfide) groups is 1. The third-order valence-electron chi connectivity index (χ3n) is 4.14. The van der Waals surface area contributed by atoms with Crippen molar-refractivity contribution in [2.24, 2.45) is 0 Å². The first kappa shape index (κ1) is 23.1. The van der Waals surface area contributed by atoms with Gasteiger partial charge in [-0.15, -0.1) is 16.8 Å². The second kappa shape index (κ2) is 10.7. The summed E-state index contributed by atoms with van der Waals surface area (Å²) in [6.45, 7) is 5.90. The van der Waals surface area contributed by atoms with Gasteiger partial charge in [-0.25, -0.2) is 4.39 Å². The Morgan fingerprint density at radius 1 is 1.32 bits per heavy atom. The van der Waals surface area contributed by atoms with Crippen molar-refractivity contribution in [2.45, 2.75) is 30.5 Å². The predicted octanol–water partition coefficient (Wildman–Crippen LogP) is 5.61. The second-order valence-electron chi connectivity index (χ2n) is 6.39. The lowest BCUT2D eigenvalue weighted by molar-refractivity contribution is -0.115. The van der Waals surface area contributed by atoms with Gasteiger partial charge in [-0.3, -0.25) is 9.36 Å². The molecule has 0 bridgehead atoms. The number of ether oxygens (including phenoxy) is 1. The number of carbonyl (C=O) groups excluding carboxylic acids is 1. The van der Waals surface area contributed by atoms with Crippen LogP contribution in [0.5, 0.6) is 5.75 Å². The van der Waals surface area contributed by atoms with Crippen LogP contribution >= 0.6 is 35.0 Å².